The molecule has 3 fully saturated rings. The van der Waals surface area contributed by atoms with Gasteiger partial charge in [-0.05, 0) is 79.9 Å². The molecule has 1 saturated carbocycles. The quantitative estimate of drug-likeness (QED) is 0.502. The Morgan fingerprint density at radius 1 is 0.806 bits per heavy atom. The van der Waals surface area contributed by atoms with Crippen molar-refractivity contribution in [3.63, 3.8) is 0 Å². The van der Waals surface area contributed by atoms with E-state index in [1.165, 1.54) is 64.0 Å². The molecule has 0 bridgehead atoms. The van der Waals surface area contributed by atoms with Gasteiger partial charge in [-0.1, -0.05) is 36.8 Å². The summed E-state index contributed by atoms with van der Waals surface area (Å²) in [6.45, 7) is 9.18. The third-order valence-corrected chi connectivity index (χ3v) is 7.25. The summed E-state index contributed by atoms with van der Waals surface area (Å²) in [5, 5.41) is 0. The summed E-state index contributed by atoms with van der Waals surface area (Å²) in [5.74, 6) is 4.32. The van der Waals surface area contributed by atoms with E-state index in [-0.39, 0.29) is 0 Å². The molecule has 4 heteroatoms. The van der Waals surface area contributed by atoms with Crippen molar-refractivity contribution in [3.8, 4) is 11.5 Å². The number of hydrogen-bond donors (Lipinski definition) is 0. The molecular formula is C27H36N2O2. The molecule has 3 atom stereocenters. The molecule has 2 aliphatic heterocycles. The maximum atomic E-state index is 6.05. The fourth-order valence-corrected chi connectivity index (χ4v) is 5.50. The normalized spacial score (nSPS) is 26.0. The van der Waals surface area contributed by atoms with Gasteiger partial charge in [0.15, 0.2) is 0 Å². The highest BCUT2D eigenvalue weighted by Crippen LogP contribution is 2.52. The summed E-state index contributed by atoms with van der Waals surface area (Å²) in [4.78, 5) is 5.21. The van der Waals surface area contributed by atoms with Crippen LogP contribution in [0.3, 0.4) is 0 Å². The highest BCUT2D eigenvalue weighted by molar-refractivity contribution is 5.34. The first-order valence-electron chi connectivity index (χ1n) is 12.2. The lowest BCUT2D eigenvalue weighted by atomic mass is 10.1. The Morgan fingerprint density at radius 3 is 2.39 bits per heavy atom. The number of likely N-dealkylation sites (tertiary alicyclic amines) is 2. The third-order valence-electron chi connectivity index (χ3n) is 7.25. The smallest absolute Gasteiger partial charge is 0.127 e. The third kappa shape index (κ3) is 5.68. The molecule has 3 aliphatic rings. The Hall–Kier alpha value is -1.88. The van der Waals surface area contributed by atoms with Gasteiger partial charge in [-0.2, -0.15) is 0 Å². The van der Waals surface area contributed by atoms with Gasteiger partial charge in [-0.15, -0.1) is 0 Å². The molecule has 5 rings (SSSR count). The van der Waals surface area contributed by atoms with Crippen LogP contribution in [0.25, 0.3) is 0 Å². The highest BCUT2D eigenvalue weighted by atomic mass is 16.5. The SMILES string of the molecule is c1ccc(Oc2cccc(CN3C[C@@H]4C(COCCCN5CCCCC5)[C@@H]4C3)c2)cc1. The fourth-order valence-electron chi connectivity index (χ4n) is 5.50. The van der Waals surface area contributed by atoms with Crippen LogP contribution in [0, 0.1) is 17.8 Å². The molecule has 0 amide bonds. The van der Waals surface area contributed by atoms with Crippen molar-refractivity contribution >= 4 is 0 Å². The average molecular weight is 421 g/mol. The van der Waals surface area contributed by atoms with Crippen LogP contribution in [0.5, 0.6) is 11.5 Å². The van der Waals surface area contributed by atoms with Crippen molar-refractivity contribution in [2.24, 2.45) is 17.8 Å². The van der Waals surface area contributed by atoms with Crippen LogP contribution >= 0.6 is 0 Å². The summed E-state index contributed by atoms with van der Waals surface area (Å²) in [7, 11) is 0. The molecule has 2 saturated heterocycles. The summed E-state index contributed by atoms with van der Waals surface area (Å²) in [6, 6.07) is 18.5. The summed E-state index contributed by atoms with van der Waals surface area (Å²) >= 11 is 0. The van der Waals surface area contributed by atoms with Crippen LogP contribution in [-0.2, 0) is 11.3 Å². The zero-order chi connectivity index (χ0) is 20.9. The largest absolute Gasteiger partial charge is 0.457 e. The molecule has 2 heterocycles. The lowest BCUT2D eigenvalue weighted by molar-refractivity contribution is 0.0967. The molecule has 4 nitrogen and oxygen atoms in total. The molecule has 1 aliphatic carbocycles. The maximum absolute atomic E-state index is 6.05. The van der Waals surface area contributed by atoms with E-state index in [0.717, 1.165) is 49.0 Å². The summed E-state index contributed by atoms with van der Waals surface area (Å²) in [5.41, 5.74) is 1.33. The van der Waals surface area contributed by atoms with Gasteiger partial charge in [0.05, 0.1) is 6.61 Å². The highest BCUT2D eigenvalue weighted by Gasteiger charge is 2.55. The van der Waals surface area contributed by atoms with Gasteiger partial charge in [0.1, 0.15) is 11.5 Å². The van der Waals surface area contributed by atoms with E-state index >= 15 is 0 Å². The van der Waals surface area contributed by atoms with Crippen molar-refractivity contribution in [2.45, 2.75) is 32.2 Å². The molecule has 0 spiro atoms. The van der Waals surface area contributed by atoms with Gasteiger partial charge in [0.25, 0.3) is 0 Å². The van der Waals surface area contributed by atoms with Gasteiger partial charge in [-0.3, -0.25) is 4.90 Å². The molecule has 1 unspecified atom stereocenters. The molecule has 0 aromatic heterocycles. The van der Waals surface area contributed by atoms with Crippen LogP contribution in [-0.4, -0.2) is 55.7 Å². The second kappa shape index (κ2) is 10.2. The average Bonchev–Trinajstić information content (AvgIpc) is 3.25. The van der Waals surface area contributed by atoms with E-state index in [1.807, 2.05) is 36.4 Å². The van der Waals surface area contributed by atoms with E-state index in [0.29, 0.717) is 0 Å². The number of hydrogen-bond acceptors (Lipinski definition) is 4. The van der Waals surface area contributed by atoms with Gasteiger partial charge in [0.2, 0.25) is 0 Å². The van der Waals surface area contributed by atoms with Crippen molar-refractivity contribution in [1.82, 2.24) is 9.80 Å². The molecular weight excluding hydrogens is 384 g/mol. The fraction of sp³-hybridized carbons (Fsp3) is 0.556. The Balaban J connectivity index is 0.992. The van der Waals surface area contributed by atoms with Crippen LogP contribution in [0.2, 0.25) is 0 Å². The number of para-hydroxylation sites is 1. The molecule has 166 valence electrons. The monoisotopic (exact) mass is 420 g/mol. The zero-order valence-corrected chi connectivity index (χ0v) is 18.6. The molecule has 2 aromatic carbocycles. The summed E-state index contributed by atoms with van der Waals surface area (Å²) in [6.07, 6.45) is 5.37. The molecule has 31 heavy (non-hydrogen) atoms. The standard InChI is InChI=1S/C27H36N2O2/c1-3-10-23(11-4-1)31-24-12-7-9-22(17-24)18-29-19-25-26(20-29)27(25)21-30-16-8-15-28-13-5-2-6-14-28/h1,3-4,7,9-12,17,25-27H,2,5-6,8,13-16,18-21H2/t25-,26+,27?. The van der Waals surface area contributed by atoms with Crippen LogP contribution in [0.15, 0.2) is 54.6 Å². The number of nitrogens with zero attached hydrogens (tertiary/aromatic N) is 2. The lowest BCUT2D eigenvalue weighted by Crippen LogP contribution is -2.31. The molecule has 2 aromatic rings. The van der Waals surface area contributed by atoms with Crippen molar-refractivity contribution in [3.05, 3.63) is 60.2 Å². The number of piperidine rings is 2. The van der Waals surface area contributed by atoms with Gasteiger partial charge in [0, 0.05) is 32.8 Å². The zero-order valence-electron chi connectivity index (χ0n) is 18.6. The van der Waals surface area contributed by atoms with Gasteiger partial charge < -0.3 is 14.4 Å². The van der Waals surface area contributed by atoms with E-state index in [1.54, 1.807) is 0 Å². The van der Waals surface area contributed by atoms with E-state index in [2.05, 4.69) is 28.0 Å². The van der Waals surface area contributed by atoms with Crippen LogP contribution in [0.1, 0.15) is 31.2 Å². The first-order valence-corrected chi connectivity index (χ1v) is 12.2. The Morgan fingerprint density at radius 2 is 1.58 bits per heavy atom. The number of rotatable bonds is 10. The predicted molar refractivity (Wildman–Crippen MR) is 124 cm³/mol. The van der Waals surface area contributed by atoms with Crippen molar-refractivity contribution < 1.29 is 9.47 Å². The second-order valence-corrected chi connectivity index (χ2v) is 9.58. The minimum atomic E-state index is 0.805. The lowest BCUT2D eigenvalue weighted by Gasteiger charge is -2.26. The first-order chi connectivity index (χ1) is 15.3. The van der Waals surface area contributed by atoms with Crippen LogP contribution < -0.4 is 4.74 Å². The van der Waals surface area contributed by atoms with Crippen molar-refractivity contribution in [1.29, 1.82) is 0 Å². The van der Waals surface area contributed by atoms with E-state index in [4.69, 9.17) is 9.47 Å². The number of fused-ring (bicyclic) bond motifs is 1. The minimum absolute atomic E-state index is 0.805. The predicted octanol–water partition coefficient (Wildman–Crippen LogP) is 5.05. The molecule has 0 radical (unpaired) electrons. The maximum Gasteiger partial charge on any atom is 0.127 e. The van der Waals surface area contributed by atoms with Gasteiger partial charge >= 0.3 is 0 Å². The second-order valence-electron chi connectivity index (χ2n) is 9.58. The Bertz CT molecular complexity index is 809. The number of ether oxygens (including phenoxy) is 2. The van der Waals surface area contributed by atoms with E-state index in [9.17, 15) is 0 Å². The Kier molecular flexibility index (Phi) is 6.88. The minimum Gasteiger partial charge on any atom is -0.457 e. The Labute approximate surface area is 187 Å². The number of benzene rings is 2. The van der Waals surface area contributed by atoms with Gasteiger partial charge in [-0.25, -0.2) is 0 Å². The summed E-state index contributed by atoms with van der Waals surface area (Å²) < 4.78 is 12.0. The molecule has 0 N–H and O–H groups in total. The van der Waals surface area contributed by atoms with Crippen LogP contribution in [0.4, 0.5) is 0 Å². The van der Waals surface area contributed by atoms with E-state index < -0.39 is 0 Å². The van der Waals surface area contributed by atoms with Crippen molar-refractivity contribution in [2.75, 3.05) is 45.9 Å². The topological polar surface area (TPSA) is 24.9 Å². The first kappa shape index (κ1) is 21.0.